The van der Waals surface area contributed by atoms with E-state index in [0.29, 0.717) is 17.8 Å². The van der Waals surface area contributed by atoms with Crippen LogP contribution in [0.25, 0.3) is 0 Å². The highest BCUT2D eigenvalue weighted by Crippen LogP contribution is 2.33. The van der Waals surface area contributed by atoms with Gasteiger partial charge < -0.3 is 11.1 Å². The number of carbonyl (C=O) groups excluding carboxylic acids is 1. The minimum absolute atomic E-state index is 0.0541. The lowest BCUT2D eigenvalue weighted by Gasteiger charge is -2.11. The molecule has 1 aliphatic carbocycles. The Kier molecular flexibility index (Phi) is 5.14. The van der Waals surface area contributed by atoms with Crippen LogP contribution in [0.3, 0.4) is 0 Å². The zero-order valence-electron chi connectivity index (χ0n) is 11.4. The third-order valence-corrected chi connectivity index (χ3v) is 4.88. The molecule has 0 spiro atoms. The molecule has 2 rings (SSSR count). The van der Waals surface area contributed by atoms with Crippen molar-refractivity contribution < 1.29 is 4.79 Å². The van der Waals surface area contributed by atoms with Gasteiger partial charge in [0.1, 0.15) is 0 Å². The minimum atomic E-state index is -0.0541. The molecular formula is C15H22N2OS. The van der Waals surface area contributed by atoms with Crippen LogP contribution < -0.4 is 11.1 Å². The number of hydrogen-bond donors (Lipinski definition) is 2. The fraction of sp³-hybridized carbons (Fsp3) is 0.533. The second kappa shape index (κ2) is 6.85. The molecule has 3 N–H and O–H groups in total. The van der Waals surface area contributed by atoms with Crippen LogP contribution in [0.5, 0.6) is 0 Å². The maximum absolute atomic E-state index is 11.7. The van der Waals surface area contributed by atoms with Crippen molar-refractivity contribution in [2.24, 2.45) is 5.92 Å². The fourth-order valence-electron chi connectivity index (χ4n) is 2.47. The molecule has 0 bridgehead atoms. The summed E-state index contributed by atoms with van der Waals surface area (Å²) in [5.74, 6) is 1.93. The highest BCUT2D eigenvalue weighted by molar-refractivity contribution is 7.99. The number of nitrogens with two attached hydrogens (primary N) is 1. The number of nitrogen functional groups attached to an aromatic ring is 1. The second-order valence-corrected chi connectivity index (χ2v) is 6.14. The van der Waals surface area contributed by atoms with Gasteiger partial charge in [-0.2, -0.15) is 0 Å². The number of nitrogens with one attached hydrogen (secondary N) is 1. The number of rotatable bonds is 5. The summed E-state index contributed by atoms with van der Waals surface area (Å²) in [7, 11) is 0. The van der Waals surface area contributed by atoms with Crippen molar-refractivity contribution >= 4 is 23.4 Å². The van der Waals surface area contributed by atoms with E-state index in [-0.39, 0.29) is 5.91 Å². The minimum Gasteiger partial charge on any atom is -0.398 e. The van der Waals surface area contributed by atoms with Gasteiger partial charge >= 0.3 is 0 Å². The summed E-state index contributed by atoms with van der Waals surface area (Å²) in [6.45, 7) is 2.55. The molecule has 1 saturated carbocycles. The van der Waals surface area contributed by atoms with Crippen LogP contribution in [0.2, 0.25) is 0 Å². The van der Waals surface area contributed by atoms with Gasteiger partial charge in [-0.05, 0) is 43.9 Å². The largest absolute Gasteiger partial charge is 0.398 e. The Bertz CT molecular complexity index is 442. The zero-order chi connectivity index (χ0) is 13.7. The van der Waals surface area contributed by atoms with E-state index in [1.54, 1.807) is 6.07 Å². The van der Waals surface area contributed by atoms with E-state index in [0.717, 1.165) is 16.6 Å². The summed E-state index contributed by atoms with van der Waals surface area (Å²) in [4.78, 5) is 12.8. The molecule has 1 aromatic rings. The van der Waals surface area contributed by atoms with E-state index >= 15 is 0 Å². The first-order valence-corrected chi connectivity index (χ1v) is 7.99. The van der Waals surface area contributed by atoms with Gasteiger partial charge in [0, 0.05) is 28.4 Å². The Morgan fingerprint density at radius 3 is 2.79 bits per heavy atom. The first kappa shape index (κ1) is 14.3. The summed E-state index contributed by atoms with van der Waals surface area (Å²) in [6, 6.07) is 5.61. The predicted molar refractivity (Wildman–Crippen MR) is 81.5 cm³/mol. The van der Waals surface area contributed by atoms with E-state index < -0.39 is 0 Å². The average Bonchev–Trinajstić information content (AvgIpc) is 2.90. The summed E-state index contributed by atoms with van der Waals surface area (Å²) >= 11 is 1.82. The first-order valence-electron chi connectivity index (χ1n) is 7.01. The molecule has 1 aliphatic rings. The van der Waals surface area contributed by atoms with Gasteiger partial charge in [-0.25, -0.2) is 0 Å². The van der Waals surface area contributed by atoms with Crippen molar-refractivity contribution in [3.05, 3.63) is 23.8 Å². The normalized spacial score (nSPS) is 15.6. The number of thioether (sulfide) groups is 1. The number of anilines is 1. The molecule has 0 unspecified atom stereocenters. The molecule has 0 saturated heterocycles. The monoisotopic (exact) mass is 278 g/mol. The molecule has 0 heterocycles. The van der Waals surface area contributed by atoms with Crippen molar-refractivity contribution in [1.82, 2.24) is 5.32 Å². The number of carbonyl (C=O) groups is 1. The third-order valence-electron chi connectivity index (χ3n) is 3.56. The Balaban J connectivity index is 1.96. The third kappa shape index (κ3) is 3.90. The zero-order valence-corrected chi connectivity index (χ0v) is 12.3. The molecule has 0 aromatic heterocycles. The molecule has 1 fully saturated rings. The molecule has 3 nitrogen and oxygen atoms in total. The highest BCUT2D eigenvalue weighted by Gasteiger charge is 2.16. The van der Waals surface area contributed by atoms with Crippen molar-refractivity contribution in [2.45, 2.75) is 37.5 Å². The Morgan fingerprint density at radius 1 is 1.42 bits per heavy atom. The van der Waals surface area contributed by atoms with Crippen LogP contribution in [0.4, 0.5) is 5.69 Å². The standard InChI is InChI=1S/C15H22N2OS/c1-2-17-15(18)12-7-8-14(13(16)9-12)19-10-11-5-3-4-6-11/h7-9,11H,2-6,10,16H2,1H3,(H,17,18). The fourth-order valence-corrected chi connectivity index (χ4v) is 3.61. The lowest BCUT2D eigenvalue weighted by Crippen LogP contribution is -2.22. The summed E-state index contributed by atoms with van der Waals surface area (Å²) in [5.41, 5.74) is 7.40. The van der Waals surface area contributed by atoms with E-state index in [2.05, 4.69) is 5.32 Å². The number of benzene rings is 1. The molecule has 1 amide bonds. The van der Waals surface area contributed by atoms with Crippen LogP contribution in [0, 0.1) is 5.92 Å². The number of amides is 1. The summed E-state index contributed by atoms with van der Waals surface area (Å²) < 4.78 is 0. The van der Waals surface area contributed by atoms with Crippen molar-refractivity contribution in [1.29, 1.82) is 0 Å². The lowest BCUT2D eigenvalue weighted by atomic mass is 10.1. The average molecular weight is 278 g/mol. The van der Waals surface area contributed by atoms with Gasteiger partial charge in [0.2, 0.25) is 0 Å². The SMILES string of the molecule is CCNC(=O)c1ccc(SCC2CCCC2)c(N)c1. The topological polar surface area (TPSA) is 55.1 Å². The van der Waals surface area contributed by atoms with Crippen molar-refractivity contribution in [3.8, 4) is 0 Å². The molecule has 1 aromatic carbocycles. The van der Waals surface area contributed by atoms with E-state index in [9.17, 15) is 4.79 Å². The number of hydrogen-bond acceptors (Lipinski definition) is 3. The maximum atomic E-state index is 11.7. The van der Waals surface area contributed by atoms with Crippen LogP contribution in [-0.4, -0.2) is 18.2 Å². The quantitative estimate of drug-likeness (QED) is 0.642. The molecule has 0 aliphatic heterocycles. The molecule has 4 heteroatoms. The first-order chi connectivity index (χ1) is 9.20. The van der Waals surface area contributed by atoms with Gasteiger partial charge in [-0.1, -0.05) is 12.8 Å². The van der Waals surface area contributed by atoms with Gasteiger partial charge in [0.15, 0.2) is 0 Å². The van der Waals surface area contributed by atoms with Crippen LogP contribution in [-0.2, 0) is 0 Å². The van der Waals surface area contributed by atoms with Gasteiger partial charge in [0.25, 0.3) is 5.91 Å². The van der Waals surface area contributed by atoms with Gasteiger partial charge in [-0.15, -0.1) is 11.8 Å². The lowest BCUT2D eigenvalue weighted by molar-refractivity contribution is 0.0956. The Morgan fingerprint density at radius 2 is 2.16 bits per heavy atom. The molecule has 104 valence electrons. The summed E-state index contributed by atoms with van der Waals surface area (Å²) in [6.07, 6.45) is 5.45. The van der Waals surface area contributed by atoms with Crippen LogP contribution in [0.15, 0.2) is 23.1 Å². The highest BCUT2D eigenvalue weighted by atomic mass is 32.2. The Hall–Kier alpha value is -1.16. The van der Waals surface area contributed by atoms with E-state index in [4.69, 9.17) is 5.73 Å². The van der Waals surface area contributed by atoms with Gasteiger partial charge in [0.05, 0.1) is 0 Å². The smallest absolute Gasteiger partial charge is 0.251 e. The van der Waals surface area contributed by atoms with E-state index in [1.807, 2.05) is 30.8 Å². The van der Waals surface area contributed by atoms with Gasteiger partial charge in [-0.3, -0.25) is 4.79 Å². The molecule has 19 heavy (non-hydrogen) atoms. The van der Waals surface area contributed by atoms with Crippen molar-refractivity contribution in [3.63, 3.8) is 0 Å². The van der Waals surface area contributed by atoms with Crippen LogP contribution >= 0.6 is 11.8 Å². The second-order valence-electron chi connectivity index (χ2n) is 5.07. The van der Waals surface area contributed by atoms with Crippen LogP contribution in [0.1, 0.15) is 43.0 Å². The molecule has 0 atom stereocenters. The Labute approximate surface area is 119 Å². The van der Waals surface area contributed by atoms with Crippen molar-refractivity contribution in [2.75, 3.05) is 18.0 Å². The predicted octanol–water partition coefficient (Wildman–Crippen LogP) is 3.30. The maximum Gasteiger partial charge on any atom is 0.251 e. The molecule has 0 radical (unpaired) electrons. The van der Waals surface area contributed by atoms with E-state index in [1.165, 1.54) is 25.7 Å². The molecular weight excluding hydrogens is 256 g/mol. The summed E-state index contributed by atoms with van der Waals surface area (Å²) in [5, 5.41) is 2.78.